The Morgan fingerprint density at radius 2 is 1.90 bits per heavy atom. The van der Waals surface area contributed by atoms with Gasteiger partial charge in [-0.3, -0.25) is 0 Å². The molecule has 0 aromatic rings. The lowest BCUT2D eigenvalue weighted by molar-refractivity contribution is 0.315. The van der Waals surface area contributed by atoms with Crippen LogP contribution in [-0.4, -0.2) is 0 Å². The van der Waals surface area contributed by atoms with Crippen LogP contribution >= 0.6 is 0 Å². The summed E-state index contributed by atoms with van der Waals surface area (Å²) in [7, 11) is 0. The molecule has 3 aliphatic rings. The van der Waals surface area contributed by atoms with Crippen molar-refractivity contribution >= 4 is 0 Å². The average molecular weight is 264 g/mol. The highest BCUT2D eigenvalue weighted by atomic mass is 14.4. The summed E-state index contributed by atoms with van der Waals surface area (Å²) in [6.45, 7) is 19.4. The van der Waals surface area contributed by atoms with Crippen molar-refractivity contribution in [1.82, 2.24) is 0 Å². The van der Waals surface area contributed by atoms with E-state index in [-0.39, 0.29) is 0 Å². The summed E-state index contributed by atoms with van der Waals surface area (Å²) in [5.41, 5.74) is 8.06. The smallest absolute Gasteiger partial charge is 0.0120 e. The molecule has 0 aromatic carbocycles. The maximum absolute atomic E-state index is 4.39. The van der Waals surface area contributed by atoms with Crippen LogP contribution in [0, 0.1) is 17.8 Å². The van der Waals surface area contributed by atoms with Crippen molar-refractivity contribution < 1.29 is 0 Å². The number of allylic oxidation sites excluding steroid dienone is 8. The molecule has 0 radical (unpaired) electrons. The second kappa shape index (κ2) is 4.77. The Kier molecular flexibility index (Phi) is 3.20. The average Bonchev–Trinajstić information content (AvgIpc) is 2.69. The minimum absolute atomic E-state index is 0.436. The molecule has 0 saturated heterocycles. The molecule has 0 heterocycles. The van der Waals surface area contributed by atoms with Crippen LogP contribution in [0.5, 0.6) is 0 Å². The molecule has 0 heteroatoms. The summed E-state index contributed by atoms with van der Waals surface area (Å²) in [5, 5.41) is 0. The van der Waals surface area contributed by atoms with E-state index in [1.165, 1.54) is 39.9 Å². The zero-order valence-electron chi connectivity index (χ0n) is 12.5. The first-order chi connectivity index (χ1) is 9.50. The fourth-order valence-corrected chi connectivity index (χ4v) is 4.24. The lowest BCUT2D eigenvalue weighted by Crippen LogP contribution is -2.30. The van der Waals surface area contributed by atoms with E-state index >= 15 is 0 Å². The Hall–Kier alpha value is -1.56. The molecule has 20 heavy (non-hydrogen) atoms. The van der Waals surface area contributed by atoms with Crippen LogP contribution < -0.4 is 0 Å². The zero-order chi connectivity index (χ0) is 14.4. The SMILES string of the molecule is C=C1C=CC2C(C(=C)C)CCC(=C)C2C2=C1CCC2=C. The monoisotopic (exact) mass is 264 g/mol. The van der Waals surface area contributed by atoms with Crippen molar-refractivity contribution in [2.24, 2.45) is 17.8 Å². The maximum atomic E-state index is 4.39. The largest absolute Gasteiger partial charge is 0.0998 e. The molecule has 0 bridgehead atoms. The van der Waals surface area contributed by atoms with Gasteiger partial charge in [-0.1, -0.05) is 55.2 Å². The van der Waals surface area contributed by atoms with E-state index < -0.39 is 0 Å². The van der Waals surface area contributed by atoms with Crippen LogP contribution in [-0.2, 0) is 0 Å². The summed E-state index contributed by atoms with van der Waals surface area (Å²) >= 11 is 0. The standard InChI is InChI=1S/C20H24/c1-12(2)16-9-7-15(5)20-18(16)11-6-13(3)17-10-8-14(4)19(17)20/h6,11,16,18,20H,1,3-5,7-10H2,2H3. The Morgan fingerprint density at radius 1 is 1.15 bits per heavy atom. The van der Waals surface area contributed by atoms with Crippen LogP contribution in [0.4, 0.5) is 0 Å². The molecule has 0 spiro atoms. The van der Waals surface area contributed by atoms with E-state index in [4.69, 9.17) is 0 Å². The van der Waals surface area contributed by atoms with Gasteiger partial charge in [0.15, 0.2) is 0 Å². The van der Waals surface area contributed by atoms with E-state index in [1.54, 1.807) is 0 Å². The number of hydrogen-bond acceptors (Lipinski definition) is 0. The topological polar surface area (TPSA) is 0 Å². The third kappa shape index (κ3) is 1.90. The maximum Gasteiger partial charge on any atom is 0.0120 e. The number of rotatable bonds is 1. The first-order valence-electron chi connectivity index (χ1n) is 7.62. The predicted molar refractivity (Wildman–Crippen MR) is 87.3 cm³/mol. The highest BCUT2D eigenvalue weighted by Gasteiger charge is 2.40. The molecule has 104 valence electrons. The molecule has 0 aromatic heterocycles. The molecule has 1 saturated carbocycles. The first kappa shape index (κ1) is 13.4. The first-order valence-corrected chi connectivity index (χ1v) is 7.62. The number of fused-ring (bicyclic) bond motifs is 2. The van der Waals surface area contributed by atoms with Crippen molar-refractivity contribution in [3.05, 3.63) is 71.9 Å². The van der Waals surface area contributed by atoms with E-state index in [1.807, 2.05) is 0 Å². The molecular weight excluding hydrogens is 240 g/mol. The number of hydrogen-bond donors (Lipinski definition) is 0. The highest BCUT2D eigenvalue weighted by molar-refractivity contribution is 5.57. The fourth-order valence-electron chi connectivity index (χ4n) is 4.24. The quantitative estimate of drug-likeness (QED) is 0.546. The van der Waals surface area contributed by atoms with Gasteiger partial charge in [0.2, 0.25) is 0 Å². The summed E-state index contributed by atoms with van der Waals surface area (Å²) in [6, 6.07) is 0. The highest BCUT2D eigenvalue weighted by Crippen LogP contribution is 2.52. The van der Waals surface area contributed by atoms with Crippen LogP contribution in [0.15, 0.2) is 71.9 Å². The fraction of sp³-hybridized carbons (Fsp3) is 0.400. The normalized spacial score (nSPS) is 33.0. The minimum atomic E-state index is 0.436. The van der Waals surface area contributed by atoms with Gasteiger partial charge in [-0.25, -0.2) is 0 Å². The van der Waals surface area contributed by atoms with Gasteiger partial charge in [0.1, 0.15) is 0 Å². The van der Waals surface area contributed by atoms with Gasteiger partial charge in [-0.2, -0.15) is 0 Å². The van der Waals surface area contributed by atoms with Gasteiger partial charge in [-0.05, 0) is 61.2 Å². The van der Waals surface area contributed by atoms with Gasteiger partial charge in [0.05, 0.1) is 0 Å². The van der Waals surface area contributed by atoms with Crippen LogP contribution in [0.3, 0.4) is 0 Å². The second-order valence-electron chi connectivity index (χ2n) is 6.58. The molecule has 0 N–H and O–H groups in total. The van der Waals surface area contributed by atoms with Crippen LogP contribution in [0.2, 0.25) is 0 Å². The molecule has 0 amide bonds. The van der Waals surface area contributed by atoms with E-state index in [9.17, 15) is 0 Å². The van der Waals surface area contributed by atoms with Crippen molar-refractivity contribution in [2.75, 3.05) is 0 Å². The van der Waals surface area contributed by atoms with Crippen LogP contribution in [0.1, 0.15) is 32.6 Å². The predicted octanol–water partition coefficient (Wildman–Crippen LogP) is 5.53. The Morgan fingerprint density at radius 3 is 2.60 bits per heavy atom. The van der Waals surface area contributed by atoms with E-state index in [0.717, 1.165) is 19.3 Å². The van der Waals surface area contributed by atoms with Gasteiger partial charge >= 0.3 is 0 Å². The van der Waals surface area contributed by atoms with E-state index in [2.05, 4.69) is 45.4 Å². The van der Waals surface area contributed by atoms with Crippen molar-refractivity contribution in [3.8, 4) is 0 Å². The van der Waals surface area contributed by atoms with Crippen molar-refractivity contribution in [2.45, 2.75) is 32.6 Å². The minimum Gasteiger partial charge on any atom is -0.0998 e. The molecule has 0 aliphatic heterocycles. The Bertz CT molecular complexity index is 579. The summed E-state index contributed by atoms with van der Waals surface area (Å²) in [6.07, 6.45) is 9.08. The Labute approximate surface area is 123 Å². The molecular formula is C20H24. The molecule has 3 aliphatic carbocycles. The lowest BCUT2D eigenvalue weighted by Gasteiger charge is -2.39. The molecule has 3 atom stereocenters. The second-order valence-corrected chi connectivity index (χ2v) is 6.58. The van der Waals surface area contributed by atoms with Crippen LogP contribution in [0.25, 0.3) is 0 Å². The van der Waals surface area contributed by atoms with Gasteiger partial charge < -0.3 is 0 Å². The Balaban J connectivity index is 2.14. The zero-order valence-corrected chi connectivity index (χ0v) is 12.5. The third-order valence-corrected chi connectivity index (χ3v) is 5.30. The third-order valence-electron chi connectivity index (χ3n) is 5.30. The van der Waals surface area contributed by atoms with Crippen molar-refractivity contribution in [1.29, 1.82) is 0 Å². The summed E-state index contributed by atoms with van der Waals surface area (Å²) in [4.78, 5) is 0. The molecule has 3 rings (SSSR count). The van der Waals surface area contributed by atoms with Gasteiger partial charge in [0, 0.05) is 5.92 Å². The summed E-state index contributed by atoms with van der Waals surface area (Å²) in [5.74, 6) is 1.49. The lowest BCUT2D eigenvalue weighted by atomic mass is 9.64. The van der Waals surface area contributed by atoms with Gasteiger partial charge in [0.25, 0.3) is 0 Å². The molecule has 3 unspecified atom stereocenters. The van der Waals surface area contributed by atoms with Gasteiger partial charge in [-0.15, -0.1) is 0 Å². The molecule has 0 nitrogen and oxygen atoms in total. The molecule has 1 fully saturated rings. The van der Waals surface area contributed by atoms with E-state index in [0.29, 0.717) is 17.8 Å². The van der Waals surface area contributed by atoms with Crippen molar-refractivity contribution in [3.63, 3.8) is 0 Å². The summed E-state index contributed by atoms with van der Waals surface area (Å²) < 4.78 is 0.